The highest BCUT2D eigenvalue weighted by atomic mass is 16.1. The lowest BCUT2D eigenvalue weighted by atomic mass is 9.61. The SMILES string of the molecule is Cc1ccc(C(C)(C)N2CCC3(C=O)Cc4ccccc4CC3C2)cn1. The average Bonchev–Trinajstić information content (AvgIpc) is 2.66. The van der Waals surface area contributed by atoms with Gasteiger partial charge in [-0.15, -0.1) is 0 Å². The van der Waals surface area contributed by atoms with Gasteiger partial charge in [-0.25, -0.2) is 0 Å². The van der Waals surface area contributed by atoms with Crippen LogP contribution in [0.5, 0.6) is 0 Å². The third-order valence-electron chi connectivity index (χ3n) is 6.85. The first kappa shape index (κ1) is 17.4. The van der Waals surface area contributed by atoms with Crippen molar-refractivity contribution in [2.24, 2.45) is 11.3 Å². The summed E-state index contributed by atoms with van der Waals surface area (Å²) in [5, 5.41) is 0. The molecule has 136 valence electrons. The molecule has 1 aromatic carbocycles. The summed E-state index contributed by atoms with van der Waals surface area (Å²) in [5.74, 6) is 0.390. The Bertz CT molecular complexity index is 811. The smallest absolute Gasteiger partial charge is 0.126 e. The lowest BCUT2D eigenvalue weighted by Gasteiger charge is -2.52. The van der Waals surface area contributed by atoms with Crippen LogP contribution in [0.1, 0.15) is 42.7 Å². The summed E-state index contributed by atoms with van der Waals surface area (Å²) in [5.41, 5.74) is 4.82. The Kier molecular flexibility index (Phi) is 4.23. The lowest BCUT2D eigenvalue weighted by molar-refractivity contribution is -0.125. The van der Waals surface area contributed by atoms with Crippen molar-refractivity contribution in [1.82, 2.24) is 9.88 Å². The molecule has 1 aliphatic carbocycles. The van der Waals surface area contributed by atoms with E-state index in [0.29, 0.717) is 5.92 Å². The number of aryl methyl sites for hydroxylation is 1. The molecule has 2 atom stereocenters. The van der Waals surface area contributed by atoms with E-state index in [1.807, 2.05) is 13.1 Å². The molecule has 2 aromatic rings. The van der Waals surface area contributed by atoms with Gasteiger partial charge in [-0.1, -0.05) is 30.3 Å². The second-order valence-corrected chi connectivity index (χ2v) is 8.64. The summed E-state index contributed by atoms with van der Waals surface area (Å²) in [4.78, 5) is 19.2. The van der Waals surface area contributed by atoms with Crippen LogP contribution in [0.25, 0.3) is 0 Å². The van der Waals surface area contributed by atoms with Crippen molar-refractivity contribution in [1.29, 1.82) is 0 Å². The molecular weight excluding hydrogens is 320 g/mol. The number of hydrogen-bond donors (Lipinski definition) is 0. The van der Waals surface area contributed by atoms with Crippen LogP contribution in [-0.4, -0.2) is 29.3 Å². The summed E-state index contributed by atoms with van der Waals surface area (Å²) in [6.45, 7) is 8.51. The fourth-order valence-electron chi connectivity index (χ4n) is 4.85. The predicted molar refractivity (Wildman–Crippen MR) is 104 cm³/mol. The normalized spacial score (nSPS) is 26.0. The van der Waals surface area contributed by atoms with Crippen molar-refractivity contribution in [2.75, 3.05) is 13.1 Å². The molecule has 1 aliphatic heterocycles. The van der Waals surface area contributed by atoms with Gasteiger partial charge in [-0.3, -0.25) is 9.88 Å². The van der Waals surface area contributed by atoms with E-state index < -0.39 is 0 Å². The topological polar surface area (TPSA) is 33.2 Å². The zero-order valence-electron chi connectivity index (χ0n) is 16.0. The number of pyridine rings is 1. The summed E-state index contributed by atoms with van der Waals surface area (Å²) >= 11 is 0. The molecule has 0 saturated carbocycles. The van der Waals surface area contributed by atoms with Crippen molar-refractivity contribution in [3.05, 3.63) is 65.0 Å². The number of rotatable bonds is 3. The Morgan fingerprint density at radius 1 is 1.19 bits per heavy atom. The predicted octanol–water partition coefficient (Wildman–Crippen LogP) is 3.93. The van der Waals surface area contributed by atoms with Crippen LogP contribution in [0.4, 0.5) is 0 Å². The van der Waals surface area contributed by atoms with Crippen LogP contribution in [0.3, 0.4) is 0 Å². The highest BCUT2D eigenvalue weighted by molar-refractivity contribution is 5.63. The molecule has 26 heavy (non-hydrogen) atoms. The van der Waals surface area contributed by atoms with E-state index in [1.165, 1.54) is 23.0 Å². The minimum absolute atomic E-state index is 0.0767. The lowest BCUT2D eigenvalue weighted by Crippen LogP contribution is -2.56. The van der Waals surface area contributed by atoms with Crippen molar-refractivity contribution in [3.63, 3.8) is 0 Å². The number of nitrogens with zero attached hydrogens (tertiary/aromatic N) is 2. The summed E-state index contributed by atoms with van der Waals surface area (Å²) < 4.78 is 0. The van der Waals surface area contributed by atoms with Crippen molar-refractivity contribution < 1.29 is 4.79 Å². The summed E-state index contributed by atoms with van der Waals surface area (Å²) in [6, 6.07) is 12.9. The molecule has 2 aliphatic rings. The number of fused-ring (bicyclic) bond motifs is 2. The second-order valence-electron chi connectivity index (χ2n) is 8.64. The molecular formula is C23H28N2O. The molecule has 0 spiro atoms. The van der Waals surface area contributed by atoms with Gasteiger partial charge in [0.1, 0.15) is 6.29 Å². The quantitative estimate of drug-likeness (QED) is 0.788. The first-order chi connectivity index (χ1) is 12.4. The van der Waals surface area contributed by atoms with Gasteiger partial charge >= 0.3 is 0 Å². The highest BCUT2D eigenvalue weighted by Gasteiger charge is 2.48. The zero-order chi connectivity index (χ0) is 18.4. The van der Waals surface area contributed by atoms with E-state index in [1.54, 1.807) is 0 Å². The number of carbonyl (C=O) groups excluding carboxylic acids is 1. The Hall–Kier alpha value is -2.00. The van der Waals surface area contributed by atoms with Gasteiger partial charge in [-0.2, -0.15) is 0 Å². The van der Waals surface area contributed by atoms with Gasteiger partial charge < -0.3 is 4.79 Å². The molecule has 0 bridgehead atoms. The first-order valence-corrected chi connectivity index (χ1v) is 9.66. The third kappa shape index (κ3) is 2.79. The molecule has 0 amide bonds. The van der Waals surface area contributed by atoms with E-state index in [-0.39, 0.29) is 11.0 Å². The van der Waals surface area contributed by atoms with E-state index in [4.69, 9.17) is 0 Å². The second kappa shape index (κ2) is 6.31. The molecule has 1 fully saturated rings. The number of aldehydes is 1. The van der Waals surface area contributed by atoms with Crippen LogP contribution in [0.2, 0.25) is 0 Å². The average molecular weight is 348 g/mol. The maximum atomic E-state index is 12.2. The minimum Gasteiger partial charge on any atom is -0.303 e. The fourth-order valence-corrected chi connectivity index (χ4v) is 4.85. The monoisotopic (exact) mass is 348 g/mol. The highest BCUT2D eigenvalue weighted by Crippen LogP contribution is 2.46. The van der Waals surface area contributed by atoms with Gasteiger partial charge in [0.15, 0.2) is 0 Å². The summed E-state index contributed by atoms with van der Waals surface area (Å²) in [7, 11) is 0. The van der Waals surface area contributed by atoms with E-state index in [0.717, 1.165) is 38.0 Å². The van der Waals surface area contributed by atoms with Crippen LogP contribution in [-0.2, 0) is 23.2 Å². The van der Waals surface area contributed by atoms with Crippen LogP contribution in [0, 0.1) is 18.3 Å². The number of benzene rings is 1. The number of piperidine rings is 1. The number of likely N-dealkylation sites (tertiary alicyclic amines) is 1. The number of aromatic nitrogens is 1. The molecule has 3 nitrogen and oxygen atoms in total. The van der Waals surface area contributed by atoms with Gasteiger partial charge in [0, 0.05) is 29.4 Å². The maximum absolute atomic E-state index is 12.2. The Morgan fingerprint density at radius 3 is 2.65 bits per heavy atom. The maximum Gasteiger partial charge on any atom is 0.126 e. The van der Waals surface area contributed by atoms with Crippen molar-refractivity contribution in [2.45, 2.75) is 45.6 Å². The largest absolute Gasteiger partial charge is 0.303 e. The standard InChI is InChI=1S/C23H28N2O/c1-17-8-9-20(14-24-17)22(2,3)25-11-10-23(16-26)13-19-7-5-4-6-18(19)12-21(23)15-25/h4-9,14,16,21H,10-13,15H2,1-3H3. The minimum atomic E-state index is -0.188. The van der Waals surface area contributed by atoms with Crippen LogP contribution < -0.4 is 0 Å². The van der Waals surface area contributed by atoms with E-state index in [2.05, 4.69) is 60.1 Å². The van der Waals surface area contributed by atoms with Gasteiger partial charge in [0.05, 0.1) is 0 Å². The molecule has 3 heteroatoms. The Balaban J connectivity index is 1.62. The molecule has 2 unspecified atom stereocenters. The van der Waals surface area contributed by atoms with E-state index >= 15 is 0 Å². The van der Waals surface area contributed by atoms with Gasteiger partial charge in [0.2, 0.25) is 0 Å². The van der Waals surface area contributed by atoms with E-state index in [9.17, 15) is 4.79 Å². The van der Waals surface area contributed by atoms with Crippen molar-refractivity contribution >= 4 is 6.29 Å². The Labute approximate surface area is 156 Å². The fraction of sp³-hybridized carbons (Fsp3) is 0.478. The molecule has 4 rings (SSSR count). The molecule has 0 radical (unpaired) electrons. The molecule has 1 aromatic heterocycles. The summed E-state index contributed by atoms with van der Waals surface area (Å²) in [6.07, 6.45) is 6.13. The number of hydrogen-bond acceptors (Lipinski definition) is 3. The third-order valence-corrected chi connectivity index (χ3v) is 6.85. The van der Waals surface area contributed by atoms with Crippen molar-refractivity contribution in [3.8, 4) is 0 Å². The Morgan fingerprint density at radius 2 is 1.96 bits per heavy atom. The molecule has 0 N–H and O–H groups in total. The van der Waals surface area contributed by atoms with Crippen LogP contribution in [0.15, 0.2) is 42.6 Å². The first-order valence-electron chi connectivity index (χ1n) is 9.66. The van der Waals surface area contributed by atoms with Gasteiger partial charge in [0.25, 0.3) is 0 Å². The molecule has 2 heterocycles. The molecule has 1 saturated heterocycles. The van der Waals surface area contributed by atoms with Gasteiger partial charge in [-0.05, 0) is 75.3 Å². The zero-order valence-corrected chi connectivity index (χ0v) is 16.0. The number of carbonyl (C=O) groups is 1. The van der Waals surface area contributed by atoms with Crippen LogP contribution >= 0.6 is 0 Å².